The first-order valence-corrected chi connectivity index (χ1v) is 7.16. The van der Waals surface area contributed by atoms with Crippen molar-refractivity contribution in [2.45, 2.75) is 64.2 Å². The Kier molecular flexibility index (Phi) is 4.45. The summed E-state index contributed by atoms with van der Waals surface area (Å²) >= 11 is 0. The number of carbonyl (C=O) groups is 2. The average Bonchev–Trinajstić information content (AvgIpc) is 2.83. The molecule has 1 heterocycles. The van der Waals surface area contributed by atoms with Gasteiger partial charge in [-0.3, -0.25) is 4.79 Å². The van der Waals surface area contributed by atoms with E-state index in [4.69, 9.17) is 9.84 Å². The summed E-state index contributed by atoms with van der Waals surface area (Å²) in [4.78, 5) is 22.8. The molecule has 0 aromatic carbocycles. The molecular formula is C14H23NO4. The van der Waals surface area contributed by atoms with Crippen LogP contribution in [0.2, 0.25) is 0 Å². The molecule has 0 spiro atoms. The predicted octanol–water partition coefficient (Wildman–Crippen LogP) is 1.56. The molecule has 2 rings (SSSR count). The van der Waals surface area contributed by atoms with Gasteiger partial charge in [0.2, 0.25) is 5.91 Å². The lowest BCUT2D eigenvalue weighted by molar-refractivity contribution is -0.152. The van der Waals surface area contributed by atoms with Crippen LogP contribution in [0.3, 0.4) is 0 Å². The van der Waals surface area contributed by atoms with Crippen LogP contribution >= 0.6 is 0 Å². The van der Waals surface area contributed by atoms with E-state index in [-0.39, 0.29) is 11.9 Å². The van der Waals surface area contributed by atoms with Crippen LogP contribution in [0.5, 0.6) is 0 Å². The summed E-state index contributed by atoms with van der Waals surface area (Å²) in [6, 6.07) is 0.214. The number of rotatable bonds is 3. The number of carbonyl (C=O) groups excluding carboxylic acids is 1. The normalized spacial score (nSPS) is 38.9. The van der Waals surface area contributed by atoms with Gasteiger partial charge in [0.15, 0.2) is 6.10 Å². The minimum absolute atomic E-state index is 0.143. The predicted molar refractivity (Wildman–Crippen MR) is 69.6 cm³/mol. The Labute approximate surface area is 113 Å². The highest BCUT2D eigenvalue weighted by atomic mass is 16.5. The van der Waals surface area contributed by atoms with Gasteiger partial charge in [0.1, 0.15) is 6.10 Å². The second-order valence-electron chi connectivity index (χ2n) is 6.00. The van der Waals surface area contributed by atoms with E-state index < -0.39 is 18.2 Å². The van der Waals surface area contributed by atoms with Crippen molar-refractivity contribution in [3.05, 3.63) is 0 Å². The third-order valence-corrected chi connectivity index (χ3v) is 4.53. The van der Waals surface area contributed by atoms with Crippen molar-refractivity contribution in [2.75, 3.05) is 0 Å². The standard InChI is InChI=1S/C14H23NO4/c1-8-3-4-10(7-9(8)2)15-13(16)11-5-6-12(19-11)14(17)18/h8-12H,3-7H2,1-2H3,(H,15,16)(H,17,18). The first kappa shape index (κ1) is 14.3. The zero-order chi connectivity index (χ0) is 14.0. The summed E-state index contributed by atoms with van der Waals surface area (Å²) in [5.74, 6) is 0.216. The van der Waals surface area contributed by atoms with Crippen LogP contribution in [-0.2, 0) is 14.3 Å². The van der Waals surface area contributed by atoms with Crippen molar-refractivity contribution in [1.29, 1.82) is 0 Å². The summed E-state index contributed by atoms with van der Waals surface area (Å²) in [7, 11) is 0. The number of hydrogen-bond donors (Lipinski definition) is 2. The number of aliphatic carboxylic acids is 1. The van der Waals surface area contributed by atoms with Crippen molar-refractivity contribution >= 4 is 11.9 Å². The Bertz CT molecular complexity index is 357. The van der Waals surface area contributed by atoms with Crippen LogP contribution in [0, 0.1) is 11.8 Å². The first-order valence-electron chi connectivity index (χ1n) is 7.16. The lowest BCUT2D eigenvalue weighted by atomic mass is 9.79. The molecule has 0 radical (unpaired) electrons. The highest BCUT2D eigenvalue weighted by Crippen LogP contribution is 2.29. The maximum atomic E-state index is 12.0. The molecule has 5 nitrogen and oxygen atoms in total. The molecule has 0 aromatic rings. The molecular weight excluding hydrogens is 246 g/mol. The van der Waals surface area contributed by atoms with Crippen LogP contribution in [0.4, 0.5) is 0 Å². The molecule has 2 N–H and O–H groups in total. The highest BCUT2D eigenvalue weighted by Gasteiger charge is 2.36. The average molecular weight is 269 g/mol. The number of hydrogen-bond acceptors (Lipinski definition) is 3. The fourth-order valence-electron chi connectivity index (χ4n) is 2.98. The van der Waals surface area contributed by atoms with Crippen molar-refractivity contribution in [3.8, 4) is 0 Å². The molecule has 1 saturated carbocycles. The van der Waals surface area contributed by atoms with E-state index >= 15 is 0 Å². The van der Waals surface area contributed by atoms with Crippen LogP contribution < -0.4 is 5.32 Å². The summed E-state index contributed by atoms with van der Waals surface area (Å²) in [6.45, 7) is 4.47. The van der Waals surface area contributed by atoms with Gasteiger partial charge in [-0.15, -0.1) is 0 Å². The second kappa shape index (κ2) is 5.90. The molecule has 1 saturated heterocycles. The third kappa shape index (κ3) is 3.47. The van der Waals surface area contributed by atoms with Gasteiger partial charge in [0.25, 0.3) is 0 Å². The molecule has 5 unspecified atom stereocenters. The number of ether oxygens (including phenoxy) is 1. The van der Waals surface area contributed by atoms with Gasteiger partial charge in [-0.2, -0.15) is 0 Å². The maximum Gasteiger partial charge on any atom is 0.332 e. The van der Waals surface area contributed by atoms with Crippen LogP contribution in [0.25, 0.3) is 0 Å². The lowest BCUT2D eigenvalue weighted by Crippen LogP contribution is -2.44. The molecule has 1 amide bonds. The third-order valence-electron chi connectivity index (χ3n) is 4.53. The van der Waals surface area contributed by atoms with Crippen molar-refractivity contribution in [1.82, 2.24) is 5.32 Å². The monoisotopic (exact) mass is 269 g/mol. The Morgan fingerprint density at radius 2 is 1.74 bits per heavy atom. The van der Waals surface area contributed by atoms with Gasteiger partial charge in [-0.1, -0.05) is 13.8 Å². The minimum Gasteiger partial charge on any atom is -0.479 e. The van der Waals surface area contributed by atoms with Crippen molar-refractivity contribution < 1.29 is 19.4 Å². The largest absolute Gasteiger partial charge is 0.479 e. The van der Waals surface area contributed by atoms with Crippen molar-refractivity contribution in [3.63, 3.8) is 0 Å². The van der Waals surface area contributed by atoms with E-state index in [1.54, 1.807) is 0 Å². The van der Waals surface area contributed by atoms with Gasteiger partial charge in [-0.25, -0.2) is 4.79 Å². The molecule has 0 aromatic heterocycles. The summed E-state index contributed by atoms with van der Waals surface area (Å²) in [5, 5.41) is 11.9. The van der Waals surface area contributed by atoms with E-state index in [1.807, 2.05) is 0 Å². The Morgan fingerprint density at radius 1 is 1.05 bits per heavy atom. The molecule has 2 aliphatic rings. The van der Waals surface area contributed by atoms with Gasteiger partial charge < -0.3 is 15.2 Å². The zero-order valence-corrected chi connectivity index (χ0v) is 11.6. The fourth-order valence-corrected chi connectivity index (χ4v) is 2.98. The Balaban J connectivity index is 1.80. The molecule has 5 atom stereocenters. The van der Waals surface area contributed by atoms with Crippen LogP contribution in [-0.4, -0.2) is 35.2 Å². The lowest BCUT2D eigenvalue weighted by Gasteiger charge is -2.33. The topological polar surface area (TPSA) is 75.6 Å². The summed E-state index contributed by atoms with van der Waals surface area (Å²) < 4.78 is 5.26. The van der Waals surface area contributed by atoms with E-state index in [1.165, 1.54) is 0 Å². The Morgan fingerprint density at radius 3 is 2.32 bits per heavy atom. The Hall–Kier alpha value is -1.10. The molecule has 2 fully saturated rings. The molecule has 108 valence electrons. The van der Waals surface area contributed by atoms with E-state index in [9.17, 15) is 9.59 Å². The second-order valence-corrected chi connectivity index (χ2v) is 6.00. The van der Waals surface area contributed by atoms with E-state index in [2.05, 4.69) is 19.2 Å². The van der Waals surface area contributed by atoms with Gasteiger partial charge in [-0.05, 0) is 43.9 Å². The van der Waals surface area contributed by atoms with Gasteiger partial charge in [0, 0.05) is 6.04 Å². The number of carboxylic acids is 1. The number of nitrogens with one attached hydrogen (secondary N) is 1. The molecule has 0 bridgehead atoms. The zero-order valence-electron chi connectivity index (χ0n) is 11.6. The van der Waals surface area contributed by atoms with Crippen LogP contribution in [0.15, 0.2) is 0 Å². The van der Waals surface area contributed by atoms with Crippen molar-refractivity contribution in [2.24, 2.45) is 11.8 Å². The quantitative estimate of drug-likeness (QED) is 0.815. The van der Waals surface area contributed by atoms with E-state index in [0.717, 1.165) is 19.3 Å². The SMILES string of the molecule is CC1CCC(NC(=O)C2CCC(C(=O)O)O2)CC1C. The molecule has 5 heteroatoms. The van der Waals surface area contributed by atoms with Crippen LogP contribution in [0.1, 0.15) is 46.0 Å². The summed E-state index contributed by atoms with van der Waals surface area (Å²) in [5.41, 5.74) is 0. The van der Waals surface area contributed by atoms with E-state index in [0.29, 0.717) is 24.7 Å². The number of carboxylic acid groups (broad SMARTS) is 1. The minimum atomic E-state index is -0.976. The molecule has 1 aliphatic heterocycles. The maximum absolute atomic E-state index is 12.0. The number of amides is 1. The molecule has 19 heavy (non-hydrogen) atoms. The molecule has 1 aliphatic carbocycles. The highest BCUT2D eigenvalue weighted by molar-refractivity contribution is 5.82. The fraction of sp³-hybridized carbons (Fsp3) is 0.857. The van der Waals surface area contributed by atoms with Gasteiger partial charge in [0.05, 0.1) is 0 Å². The van der Waals surface area contributed by atoms with Gasteiger partial charge >= 0.3 is 5.97 Å². The first-order chi connectivity index (χ1) is 8.97. The summed E-state index contributed by atoms with van der Waals surface area (Å²) in [6.07, 6.45) is 2.66. The smallest absolute Gasteiger partial charge is 0.332 e.